The Morgan fingerprint density at radius 1 is 1.17 bits per heavy atom. The molecule has 0 unspecified atom stereocenters. The van der Waals surface area contributed by atoms with E-state index >= 15 is 0 Å². The summed E-state index contributed by atoms with van der Waals surface area (Å²) in [7, 11) is 3.57. The van der Waals surface area contributed by atoms with E-state index in [0.717, 1.165) is 36.8 Å². The summed E-state index contributed by atoms with van der Waals surface area (Å²) >= 11 is 0. The first kappa shape index (κ1) is 23.0. The van der Waals surface area contributed by atoms with E-state index in [4.69, 9.17) is 4.74 Å². The first-order chi connectivity index (χ1) is 14.0. The summed E-state index contributed by atoms with van der Waals surface area (Å²) in [5.74, 6) is 0.812. The molecule has 0 bridgehead atoms. The summed E-state index contributed by atoms with van der Waals surface area (Å²) in [5.41, 5.74) is 2.21. The maximum Gasteiger partial charge on any atom is 0.319 e. The van der Waals surface area contributed by atoms with E-state index in [1.54, 1.807) is 14.2 Å². The fourth-order valence-corrected chi connectivity index (χ4v) is 3.77. The number of nitrogens with one attached hydrogen (secondary N) is 4. The summed E-state index contributed by atoms with van der Waals surface area (Å²) in [5, 5.41) is 12.5. The van der Waals surface area contributed by atoms with E-state index in [0.29, 0.717) is 12.0 Å². The highest BCUT2D eigenvalue weighted by Crippen LogP contribution is 2.40. The molecule has 0 spiro atoms. The van der Waals surface area contributed by atoms with Gasteiger partial charge in [-0.25, -0.2) is 4.79 Å². The van der Waals surface area contributed by atoms with Gasteiger partial charge in [0.2, 0.25) is 0 Å². The number of urea groups is 1. The van der Waals surface area contributed by atoms with Crippen LogP contribution in [0.25, 0.3) is 0 Å². The van der Waals surface area contributed by atoms with Crippen LogP contribution < -0.4 is 21.3 Å². The van der Waals surface area contributed by atoms with E-state index < -0.39 is 0 Å². The van der Waals surface area contributed by atoms with Gasteiger partial charge in [-0.15, -0.1) is 0 Å². The van der Waals surface area contributed by atoms with Gasteiger partial charge in [0, 0.05) is 45.6 Å². The van der Waals surface area contributed by atoms with Crippen LogP contribution >= 0.6 is 0 Å². The number of ether oxygens (including phenoxy) is 1. The van der Waals surface area contributed by atoms with Crippen LogP contribution in [-0.4, -0.2) is 45.3 Å². The average Bonchev–Trinajstić information content (AvgIpc) is 3.16. The molecular formula is C22H37N5O2. The average molecular weight is 404 g/mol. The molecule has 0 aliphatic heterocycles. The van der Waals surface area contributed by atoms with Crippen molar-refractivity contribution in [2.45, 2.75) is 58.5 Å². The molecule has 7 nitrogen and oxygen atoms in total. The minimum atomic E-state index is -0.190. The van der Waals surface area contributed by atoms with Gasteiger partial charge in [-0.3, -0.25) is 4.99 Å². The van der Waals surface area contributed by atoms with Crippen molar-refractivity contribution in [3.8, 4) is 0 Å². The molecule has 2 amide bonds. The summed E-state index contributed by atoms with van der Waals surface area (Å²) in [6.45, 7) is 6.26. The van der Waals surface area contributed by atoms with Crippen molar-refractivity contribution >= 4 is 17.7 Å². The van der Waals surface area contributed by atoms with Gasteiger partial charge in [-0.1, -0.05) is 25.0 Å². The Morgan fingerprint density at radius 3 is 2.45 bits per heavy atom. The maximum atomic E-state index is 11.8. The molecule has 1 fully saturated rings. The number of carbonyl (C=O) groups excluding carboxylic acids is 1. The molecule has 2 rings (SSSR count). The predicted octanol–water partition coefficient (Wildman–Crippen LogP) is 3.48. The number of rotatable bonds is 9. The number of hydrogen-bond donors (Lipinski definition) is 4. The predicted molar refractivity (Wildman–Crippen MR) is 119 cm³/mol. The van der Waals surface area contributed by atoms with Crippen LogP contribution in [0.15, 0.2) is 29.3 Å². The lowest BCUT2D eigenvalue weighted by Crippen LogP contribution is -2.43. The normalized spacial score (nSPS) is 16.0. The second-order valence-corrected chi connectivity index (χ2v) is 8.18. The first-order valence-corrected chi connectivity index (χ1v) is 10.6. The van der Waals surface area contributed by atoms with Crippen molar-refractivity contribution in [2.24, 2.45) is 10.4 Å². The van der Waals surface area contributed by atoms with Crippen LogP contribution in [0.3, 0.4) is 0 Å². The molecule has 29 heavy (non-hydrogen) atoms. The topological polar surface area (TPSA) is 86.8 Å². The molecule has 0 saturated heterocycles. The molecule has 1 aliphatic carbocycles. The van der Waals surface area contributed by atoms with Crippen LogP contribution in [0.2, 0.25) is 0 Å². The van der Waals surface area contributed by atoms with Gasteiger partial charge >= 0.3 is 6.03 Å². The Kier molecular flexibility index (Phi) is 9.25. The number of nitrogens with zero attached hydrogens (tertiary/aromatic N) is 1. The van der Waals surface area contributed by atoms with Crippen LogP contribution in [0.5, 0.6) is 0 Å². The minimum absolute atomic E-state index is 0.107. The number of guanidine groups is 1. The molecule has 1 saturated carbocycles. The van der Waals surface area contributed by atoms with E-state index in [1.807, 2.05) is 38.1 Å². The lowest BCUT2D eigenvalue weighted by Gasteiger charge is -2.30. The molecule has 0 radical (unpaired) electrons. The Hall–Kier alpha value is -2.28. The van der Waals surface area contributed by atoms with Crippen molar-refractivity contribution in [3.05, 3.63) is 29.8 Å². The third kappa shape index (κ3) is 7.93. The highest BCUT2D eigenvalue weighted by atomic mass is 16.5. The second kappa shape index (κ2) is 11.7. The van der Waals surface area contributed by atoms with Crippen molar-refractivity contribution < 1.29 is 9.53 Å². The van der Waals surface area contributed by atoms with Crippen molar-refractivity contribution in [1.82, 2.24) is 16.0 Å². The summed E-state index contributed by atoms with van der Waals surface area (Å²) in [6.07, 6.45) is 6.19. The highest BCUT2D eigenvalue weighted by molar-refractivity contribution is 5.89. The zero-order valence-electron chi connectivity index (χ0n) is 18.3. The van der Waals surface area contributed by atoms with Crippen LogP contribution in [0.4, 0.5) is 10.5 Å². The lowest BCUT2D eigenvalue weighted by molar-refractivity contribution is 0.138. The standard InChI is InChI=1S/C22H37N5O2/c1-17(2)26-21(28)27-19-9-7-18(8-10-19)15-24-20(23-3)25-16-22(13-14-29-4)11-5-6-12-22/h7-10,17H,5-6,11-16H2,1-4H3,(H2,23,24,25)(H2,26,27,28). The maximum absolute atomic E-state index is 11.8. The molecule has 162 valence electrons. The van der Waals surface area contributed by atoms with Gasteiger partial charge in [0.1, 0.15) is 0 Å². The van der Waals surface area contributed by atoms with Crippen molar-refractivity contribution in [1.29, 1.82) is 0 Å². The number of benzene rings is 1. The SMILES string of the molecule is CN=C(NCc1ccc(NC(=O)NC(C)C)cc1)NCC1(CCOC)CCCC1. The quantitative estimate of drug-likeness (QED) is 0.376. The largest absolute Gasteiger partial charge is 0.385 e. The summed E-state index contributed by atoms with van der Waals surface area (Å²) in [4.78, 5) is 16.1. The zero-order valence-corrected chi connectivity index (χ0v) is 18.3. The molecule has 1 aromatic rings. The smallest absolute Gasteiger partial charge is 0.319 e. The van der Waals surface area contributed by atoms with Crippen LogP contribution in [0.1, 0.15) is 51.5 Å². The number of anilines is 1. The van der Waals surface area contributed by atoms with Gasteiger partial charge in [0.05, 0.1) is 0 Å². The van der Waals surface area contributed by atoms with E-state index in [1.165, 1.54) is 25.7 Å². The van der Waals surface area contributed by atoms with E-state index in [2.05, 4.69) is 26.3 Å². The molecule has 1 aliphatic rings. The number of hydrogen-bond acceptors (Lipinski definition) is 3. The van der Waals surface area contributed by atoms with E-state index in [9.17, 15) is 4.79 Å². The minimum Gasteiger partial charge on any atom is -0.385 e. The van der Waals surface area contributed by atoms with Gasteiger partial charge in [-0.2, -0.15) is 0 Å². The molecule has 4 N–H and O–H groups in total. The zero-order chi connectivity index (χ0) is 21.1. The molecule has 0 aromatic heterocycles. The third-order valence-corrected chi connectivity index (χ3v) is 5.45. The Bertz CT molecular complexity index is 652. The molecule has 0 heterocycles. The monoisotopic (exact) mass is 403 g/mol. The Labute approximate surface area is 175 Å². The fraction of sp³-hybridized carbons (Fsp3) is 0.636. The van der Waals surface area contributed by atoms with Gasteiger partial charge in [-0.05, 0) is 56.2 Å². The molecule has 7 heteroatoms. The second-order valence-electron chi connectivity index (χ2n) is 8.18. The number of aliphatic imine (C=N–C) groups is 1. The van der Waals surface area contributed by atoms with Crippen molar-refractivity contribution in [3.63, 3.8) is 0 Å². The van der Waals surface area contributed by atoms with Crippen LogP contribution in [-0.2, 0) is 11.3 Å². The fourth-order valence-electron chi connectivity index (χ4n) is 3.77. The molecule has 1 aromatic carbocycles. The summed E-state index contributed by atoms with van der Waals surface area (Å²) < 4.78 is 5.32. The number of methoxy groups -OCH3 is 1. The Morgan fingerprint density at radius 2 is 1.86 bits per heavy atom. The van der Waals surface area contributed by atoms with Crippen LogP contribution in [0, 0.1) is 5.41 Å². The van der Waals surface area contributed by atoms with Crippen molar-refractivity contribution in [2.75, 3.05) is 32.6 Å². The molecular weight excluding hydrogens is 366 g/mol. The third-order valence-electron chi connectivity index (χ3n) is 5.45. The van der Waals surface area contributed by atoms with Gasteiger partial charge in [0.15, 0.2) is 5.96 Å². The van der Waals surface area contributed by atoms with Gasteiger partial charge in [0.25, 0.3) is 0 Å². The molecule has 0 atom stereocenters. The van der Waals surface area contributed by atoms with Gasteiger partial charge < -0.3 is 26.0 Å². The lowest BCUT2D eigenvalue weighted by atomic mass is 9.83. The first-order valence-electron chi connectivity index (χ1n) is 10.6. The number of amides is 2. The number of carbonyl (C=O) groups is 1. The Balaban J connectivity index is 1.80. The van der Waals surface area contributed by atoms with E-state index in [-0.39, 0.29) is 12.1 Å². The summed E-state index contributed by atoms with van der Waals surface area (Å²) in [6, 6.07) is 7.74. The highest BCUT2D eigenvalue weighted by Gasteiger charge is 2.33.